The number of fused-ring (bicyclic) bond motifs is 3. The first-order valence-electron chi connectivity index (χ1n) is 9.69. The van der Waals surface area contributed by atoms with E-state index in [9.17, 15) is 9.90 Å². The minimum atomic E-state index is -0.807. The Balaban J connectivity index is 1.44. The van der Waals surface area contributed by atoms with Gasteiger partial charge < -0.3 is 14.6 Å². The van der Waals surface area contributed by atoms with Crippen LogP contribution in [-0.4, -0.2) is 34.0 Å². The van der Waals surface area contributed by atoms with Gasteiger partial charge in [-0.15, -0.1) is 11.3 Å². The number of aliphatic hydroxyl groups is 1. The van der Waals surface area contributed by atoms with Crippen LogP contribution < -0.4 is 15.0 Å². The highest BCUT2D eigenvalue weighted by Crippen LogP contribution is 2.33. The van der Waals surface area contributed by atoms with Gasteiger partial charge in [0.05, 0.1) is 24.9 Å². The Bertz CT molecular complexity index is 1010. The van der Waals surface area contributed by atoms with Crippen LogP contribution in [0.1, 0.15) is 30.2 Å². The molecule has 0 saturated heterocycles. The van der Waals surface area contributed by atoms with Crippen LogP contribution in [-0.2, 0) is 19.4 Å². The predicted octanol–water partition coefficient (Wildman–Crippen LogP) is 3.18. The van der Waals surface area contributed by atoms with Crippen molar-refractivity contribution in [2.75, 3.05) is 13.2 Å². The fourth-order valence-corrected chi connectivity index (χ4v) is 4.80. The zero-order valence-corrected chi connectivity index (χ0v) is 16.7. The molecule has 4 rings (SSSR count). The molecule has 7 heteroatoms. The molecule has 0 aliphatic heterocycles. The number of benzene rings is 1. The van der Waals surface area contributed by atoms with Gasteiger partial charge >= 0.3 is 0 Å². The van der Waals surface area contributed by atoms with Crippen LogP contribution in [0.4, 0.5) is 0 Å². The van der Waals surface area contributed by atoms with E-state index in [4.69, 9.17) is 9.47 Å². The summed E-state index contributed by atoms with van der Waals surface area (Å²) in [5, 5.41) is 11.1. The number of hydrogen-bond acceptors (Lipinski definition) is 6. The number of rotatable bonds is 7. The van der Waals surface area contributed by atoms with Crippen molar-refractivity contribution in [2.24, 2.45) is 0 Å². The number of hydrogen-bond donors (Lipinski definition) is 1. The van der Waals surface area contributed by atoms with Crippen molar-refractivity contribution in [3.05, 3.63) is 51.4 Å². The van der Waals surface area contributed by atoms with Crippen LogP contribution in [0, 0.1) is 0 Å². The zero-order valence-electron chi connectivity index (χ0n) is 15.9. The molecule has 6 nitrogen and oxygen atoms in total. The third-order valence-electron chi connectivity index (χ3n) is 4.93. The molecule has 0 spiro atoms. The van der Waals surface area contributed by atoms with Crippen molar-refractivity contribution in [1.82, 2.24) is 9.55 Å². The Hall–Kier alpha value is -2.38. The largest absolute Gasteiger partial charge is 0.494 e. The molecule has 1 aliphatic carbocycles. The van der Waals surface area contributed by atoms with Gasteiger partial charge in [-0.25, -0.2) is 4.98 Å². The zero-order chi connectivity index (χ0) is 19.5. The highest BCUT2D eigenvalue weighted by atomic mass is 32.1. The van der Waals surface area contributed by atoms with Crippen molar-refractivity contribution < 1.29 is 14.6 Å². The van der Waals surface area contributed by atoms with E-state index in [-0.39, 0.29) is 18.7 Å². The summed E-state index contributed by atoms with van der Waals surface area (Å²) in [6.45, 7) is 2.80. The minimum absolute atomic E-state index is 0.0653. The molecule has 1 aromatic carbocycles. The monoisotopic (exact) mass is 400 g/mol. The number of aryl methyl sites for hydroxylation is 2. The minimum Gasteiger partial charge on any atom is -0.494 e. The molecule has 2 heterocycles. The molecule has 1 N–H and O–H groups in total. The summed E-state index contributed by atoms with van der Waals surface area (Å²) in [6, 6.07) is 7.25. The van der Waals surface area contributed by atoms with Gasteiger partial charge in [-0.1, -0.05) is 0 Å². The maximum Gasteiger partial charge on any atom is 0.262 e. The molecule has 0 fully saturated rings. The average Bonchev–Trinajstić information content (AvgIpc) is 3.09. The summed E-state index contributed by atoms with van der Waals surface area (Å²) in [7, 11) is 0. The van der Waals surface area contributed by atoms with Gasteiger partial charge in [0.1, 0.15) is 29.0 Å². The summed E-state index contributed by atoms with van der Waals surface area (Å²) in [6.07, 6.45) is 5.00. The Morgan fingerprint density at radius 3 is 2.64 bits per heavy atom. The van der Waals surface area contributed by atoms with Crippen LogP contribution in [0.5, 0.6) is 11.5 Å². The second kappa shape index (κ2) is 8.32. The third kappa shape index (κ3) is 3.91. The summed E-state index contributed by atoms with van der Waals surface area (Å²) in [5.41, 5.74) is 1.10. The summed E-state index contributed by atoms with van der Waals surface area (Å²) in [5.74, 6) is 1.43. The van der Waals surface area contributed by atoms with Crippen molar-refractivity contribution in [1.29, 1.82) is 0 Å². The van der Waals surface area contributed by atoms with Gasteiger partial charge in [0.25, 0.3) is 5.56 Å². The molecular weight excluding hydrogens is 376 g/mol. The van der Waals surface area contributed by atoms with E-state index in [0.717, 1.165) is 35.2 Å². The Kier molecular flexibility index (Phi) is 5.64. The molecule has 1 aliphatic rings. The molecule has 0 bridgehead atoms. The van der Waals surface area contributed by atoms with Crippen LogP contribution in [0.15, 0.2) is 35.4 Å². The van der Waals surface area contributed by atoms with Crippen LogP contribution in [0.3, 0.4) is 0 Å². The predicted molar refractivity (Wildman–Crippen MR) is 110 cm³/mol. The van der Waals surface area contributed by atoms with Gasteiger partial charge in [0.2, 0.25) is 0 Å². The summed E-state index contributed by atoms with van der Waals surface area (Å²) in [4.78, 5) is 19.5. The van der Waals surface area contributed by atoms with E-state index >= 15 is 0 Å². The Labute approximate surface area is 167 Å². The van der Waals surface area contributed by atoms with E-state index in [0.29, 0.717) is 12.4 Å². The molecule has 0 radical (unpaired) electrons. The molecule has 148 valence electrons. The van der Waals surface area contributed by atoms with Crippen molar-refractivity contribution in [2.45, 2.75) is 45.3 Å². The summed E-state index contributed by atoms with van der Waals surface area (Å²) < 4.78 is 12.5. The first-order chi connectivity index (χ1) is 13.7. The number of ether oxygens (including phenoxy) is 2. The standard InChI is InChI=1S/C21H24N2O4S/c1-2-26-15-7-9-16(10-8-15)27-12-14(24)11-23-13-22-20-19(21(23)25)17-5-3-4-6-18(17)28-20/h7-10,13-14,24H,2-6,11-12H2,1H3/t14-/m1/s1. The van der Waals surface area contributed by atoms with Crippen LogP contribution in [0.2, 0.25) is 0 Å². The lowest BCUT2D eigenvalue weighted by molar-refractivity contribution is 0.0914. The second-order valence-corrected chi connectivity index (χ2v) is 8.05. The highest BCUT2D eigenvalue weighted by molar-refractivity contribution is 7.18. The number of nitrogens with zero attached hydrogens (tertiary/aromatic N) is 2. The van der Waals surface area contributed by atoms with Crippen LogP contribution in [0.25, 0.3) is 10.2 Å². The van der Waals surface area contributed by atoms with E-state index in [2.05, 4.69) is 4.98 Å². The molecule has 1 atom stereocenters. The van der Waals surface area contributed by atoms with Gasteiger partial charge in [-0.3, -0.25) is 9.36 Å². The first-order valence-corrected chi connectivity index (χ1v) is 10.5. The maximum atomic E-state index is 12.9. The Morgan fingerprint density at radius 2 is 1.89 bits per heavy atom. The normalized spacial score (nSPS) is 14.6. The lowest BCUT2D eigenvalue weighted by Crippen LogP contribution is -2.30. The summed E-state index contributed by atoms with van der Waals surface area (Å²) >= 11 is 1.63. The lowest BCUT2D eigenvalue weighted by atomic mass is 9.97. The smallest absolute Gasteiger partial charge is 0.262 e. The van der Waals surface area contributed by atoms with Crippen molar-refractivity contribution >= 4 is 21.6 Å². The van der Waals surface area contributed by atoms with Crippen LogP contribution >= 0.6 is 11.3 Å². The third-order valence-corrected chi connectivity index (χ3v) is 6.13. The maximum absolute atomic E-state index is 12.9. The van der Waals surface area contributed by atoms with E-state index in [1.807, 2.05) is 19.1 Å². The Morgan fingerprint density at radius 1 is 1.18 bits per heavy atom. The van der Waals surface area contributed by atoms with E-state index in [1.54, 1.807) is 23.5 Å². The topological polar surface area (TPSA) is 73.6 Å². The molecule has 2 aromatic heterocycles. The van der Waals surface area contributed by atoms with Gasteiger partial charge in [-0.05, 0) is 62.4 Å². The molecule has 0 saturated carbocycles. The second-order valence-electron chi connectivity index (χ2n) is 6.96. The lowest BCUT2D eigenvalue weighted by Gasteiger charge is -2.14. The van der Waals surface area contributed by atoms with E-state index in [1.165, 1.54) is 27.8 Å². The fourth-order valence-electron chi connectivity index (χ4n) is 3.58. The van der Waals surface area contributed by atoms with Gasteiger partial charge in [0, 0.05) is 4.88 Å². The molecule has 3 aromatic rings. The quantitative estimate of drug-likeness (QED) is 0.659. The molecule has 28 heavy (non-hydrogen) atoms. The fraction of sp³-hybridized carbons (Fsp3) is 0.429. The SMILES string of the molecule is CCOc1ccc(OC[C@H](O)Cn2cnc3sc4c(c3c2=O)CCCC4)cc1. The van der Waals surface area contributed by atoms with Gasteiger partial charge in [-0.2, -0.15) is 0 Å². The van der Waals surface area contributed by atoms with Crippen molar-refractivity contribution in [3.63, 3.8) is 0 Å². The van der Waals surface area contributed by atoms with Gasteiger partial charge in [0.15, 0.2) is 0 Å². The molecule has 0 unspecified atom stereocenters. The average molecular weight is 401 g/mol. The molecular formula is C21H24N2O4S. The number of aromatic nitrogens is 2. The highest BCUT2D eigenvalue weighted by Gasteiger charge is 2.20. The number of thiophene rings is 1. The number of aliphatic hydroxyl groups excluding tert-OH is 1. The first kappa shape index (κ1) is 19.0. The molecule has 0 amide bonds. The van der Waals surface area contributed by atoms with E-state index < -0.39 is 6.10 Å². The van der Waals surface area contributed by atoms with Crippen molar-refractivity contribution in [3.8, 4) is 11.5 Å².